The second-order valence-corrected chi connectivity index (χ2v) is 14.3. The first-order valence-electron chi connectivity index (χ1n) is 18.9. The molecular formula is C52H33N3O. The monoisotopic (exact) mass is 715 g/mol. The fourth-order valence-corrected chi connectivity index (χ4v) is 8.67. The maximum atomic E-state index is 6.69. The van der Waals surface area contributed by atoms with Gasteiger partial charge >= 0.3 is 0 Å². The highest BCUT2D eigenvalue weighted by atomic mass is 16.5. The molecule has 0 fully saturated rings. The van der Waals surface area contributed by atoms with Crippen molar-refractivity contribution in [1.29, 1.82) is 0 Å². The van der Waals surface area contributed by atoms with E-state index in [0.29, 0.717) is 17.5 Å². The number of benzene rings is 8. The van der Waals surface area contributed by atoms with E-state index in [4.69, 9.17) is 19.7 Å². The van der Waals surface area contributed by atoms with Crippen LogP contribution in [0.5, 0.6) is 11.5 Å². The molecule has 0 radical (unpaired) electrons. The third-order valence-electron chi connectivity index (χ3n) is 11.2. The first-order chi connectivity index (χ1) is 27.7. The van der Waals surface area contributed by atoms with E-state index in [1.54, 1.807) is 0 Å². The van der Waals surface area contributed by atoms with Gasteiger partial charge in [-0.25, -0.2) is 15.0 Å². The molecule has 262 valence electrons. The number of nitrogens with zero attached hydrogens (tertiary/aromatic N) is 3. The van der Waals surface area contributed by atoms with E-state index in [1.165, 1.54) is 27.8 Å². The number of hydrogen-bond donors (Lipinski definition) is 0. The Morgan fingerprint density at radius 3 is 1.39 bits per heavy atom. The van der Waals surface area contributed by atoms with E-state index in [1.807, 2.05) is 36.4 Å². The lowest BCUT2D eigenvalue weighted by Crippen LogP contribution is -2.32. The third kappa shape index (κ3) is 5.04. The van der Waals surface area contributed by atoms with Gasteiger partial charge in [-0.3, -0.25) is 0 Å². The number of hydrogen-bond acceptors (Lipinski definition) is 4. The van der Waals surface area contributed by atoms with Crippen molar-refractivity contribution < 1.29 is 4.74 Å². The van der Waals surface area contributed by atoms with Gasteiger partial charge in [-0.15, -0.1) is 0 Å². The van der Waals surface area contributed by atoms with E-state index in [2.05, 4.69) is 164 Å². The van der Waals surface area contributed by atoms with Crippen LogP contribution in [0.1, 0.15) is 22.3 Å². The van der Waals surface area contributed by atoms with E-state index in [9.17, 15) is 0 Å². The molecule has 1 spiro atoms. The van der Waals surface area contributed by atoms with Crippen LogP contribution in [0.2, 0.25) is 0 Å². The molecule has 2 heterocycles. The summed E-state index contributed by atoms with van der Waals surface area (Å²) in [6.07, 6.45) is 0. The lowest BCUT2D eigenvalue weighted by atomic mass is 9.66. The van der Waals surface area contributed by atoms with Gasteiger partial charge < -0.3 is 4.74 Å². The molecule has 11 rings (SSSR count). The maximum absolute atomic E-state index is 6.69. The largest absolute Gasteiger partial charge is 0.457 e. The van der Waals surface area contributed by atoms with Crippen LogP contribution in [-0.4, -0.2) is 15.0 Å². The molecule has 4 nitrogen and oxygen atoms in total. The van der Waals surface area contributed by atoms with Crippen molar-refractivity contribution in [3.63, 3.8) is 0 Å². The topological polar surface area (TPSA) is 47.9 Å². The Kier molecular flexibility index (Phi) is 7.36. The number of rotatable bonds is 5. The molecule has 0 atom stereocenters. The fourth-order valence-electron chi connectivity index (χ4n) is 8.67. The van der Waals surface area contributed by atoms with E-state index >= 15 is 0 Å². The highest BCUT2D eigenvalue weighted by molar-refractivity contribution is 5.89. The van der Waals surface area contributed by atoms with Gasteiger partial charge in [0.05, 0.1) is 5.41 Å². The predicted molar refractivity (Wildman–Crippen MR) is 224 cm³/mol. The molecule has 0 saturated heterocycles. The van der Waals surface area contributed by atoms with Crippen molar-refractivity contribution in [2.24, 2.45) is 0 Å². The molecule has 0 saturated carbocycles. The van der Waals surface area contributed by atoms with Gasteiger partial charge in [0.25, 0.3) is 0 Å². The van der Waals surface area contributed by atoms with Gasteiger partial charge in [-0.2, -0.15) is 0 Å². The van der Waals surface area contributed by atoms with Crippen molar-refractivity contribution in [2.75, 3.05) is 0 Å². The summed E-state index contributed by atoms with van der Waals surface area (Å²) in [5.41, 5.74) is 14.0. The second-order valence-electron chi connectivity index (χ2n) is 14.3. The zero-order valence-corrected chi connectivity index (χ0v) is 30.3. The molecule has 0 amide bonds. The van der Waals surface area contributed by atoms with Crippen LogP contribution < -0.4 is 4.74 Å². The lowest BCUT2D eigenvalue weighted by Gasteiger charge is -2.39. The number of ether oxygens (including phenoxy) is 1. The Balaban J connectivity index is 1.05. The van der Waals surface area contributed by atoms with Gasteiger partial charge in [0.2, 0.25) is 0 Å². The van der Waals surface area contributed by atoms with Crippen LogP contribution in [0.15, 0.2) is 200 Å². The summed E-state index contributed by atoms with van der Waals surface area (Å²) in [6, 6.07) is 70.2. The Labute approximate surface area is 325 Å². The molecule has 8 aromatic carbocycles. The quantitative estimate of drug-likeness (QED) is 0.178. The Bertz CT molecular complexity index is 2890. The van der Waals surface area contributed by atoms with Gasteiger partial charge in [-0.1, -0.05) is 176 Å². The van der Waals surface area contributed by atoms with Crippen LogP contribution >= 0.6 is 0 Å². The van der Waals surface area contributed by atoms with Gasteiger partial charge in [-0.05, 0) is 68.8 Å². The molecular weight excluding hydrogens is 683 g/mol. The van der Waals surface area contributed by atoms with Crippen LogP contribution in [0.25, 0.3) is 67.5 Å². The van der Waals surface area contributed by atoms with Gasteiger partial charge in [0, 0.05) is 27.8 Å². The lowest BCUT2D eigenvalue weighted by molar-refractivity contribution is 0.436. The van der Waals surface area contributed by atoms with Gasteiger partial charge in [0.15, 0.2) is 17.5 Å². The Morgan fingerprint density at radius 2 is 0.714 bits per heavy atom. The normalized spacial score (nSPS) is 12.9. The predicted octanol–water partition coefficient (Wildman–Crippen LogP) is 12.7. The summed E-state index contributed by atoms with van der Waals surface area (Å²) in [5.74, 6) is 3.63. The summed E-state index contributed by atoms with van der Waals surface area (Å²) in [6.45, 7) is 0. The summed E-state index contributed by atoms with van der Waals surface area (Å²) in [4.78, 5) is 15.1. The molecule has 56 heavy (non-hydrogen) atoms. The van der Waals surface area contributed by atoms with E-state index in [-0.39, 0.29) is 0 Å². The SMILES string of the molecule is c1ccc(-c2ccc(-c3nc(-c4ccccc4)nc(-c4cccc(-c5ccc6c(c5)C5(c7ccccc7O6)c6ccccc6-c6ccccc65)c4)n3)cc2)cc1. The number of aromatic nitrogens is 3. The van der Waals surface area contributed by atoms with Crippen molar-refractivity contribution in [3.8, 4) is 79.0 Å². The first kappa shape index (κ1) is 32.0. The first-order valence-corrected chi connectivity index (χ1v) is 18.9. The van der Waals surface area contributed by atoms with Crippen molar-refractivity contribution in [2.45, 2.75) is 5.41 Å². The Morgan fingerprint density at radius 1 is 0.286 bits per heavy atom. The summed E-state index contributed by atoms with van der Waals surface area (Å²) in [7, 11) is 0. The summed E-state index contributed by atoms with van der Waals surface area (Å²) >= 11 is 0. The van der Waals surface area contributed by atoms with E-state index < -0.39 is 5.41 Å². The second kappa shape index (κ2) is 12.9. The highest BCUT2D eigenvalue weighted by Gasteiger charge is 2.51. The minimum Gasteiger partial charge on any atom is -0.457 e. The van der Waals surface area contributed by atoms with Crippen LogP contribution in [-0.2, 0) is 5.41 Å². The molecule has 0 unspecified atom stereocenters. The van der Waals surface area contributed by atoms with Crippen LogP contribution in [0.4, 0.5) is 0 Å². The maximum Gasteiger partial charge on any atom is 0.164 e. The Hall–Kier alpha value is -7.43. The molecule has 0 bridgehead atoms. The molecule has 0 N–H and O–H groups in total. The fraction of sp³-hybridized carbons (Fsp3) is 0.0192. The molecule has 1 aliphatic carbocycles. The average Bonchev–Trinajstić information content (AvgIpc) is 3.57. The van der Waals surface area contributed by atoms with Crippen molar-refractivity contribution in [3.05, 3.63) is 222 Å². The molecule has 4 heteroatoms. The van der Waals surface area contributed by atoms with E-state index in [0.717, 1.165) is 56.0 Å². The number of para-hydroxylation sites is 1. The molecule has 1 aliphatic heterocycles. The molecule has 9 aromatic rings. The van der Waals surface area contributed by atoms with Crippen LogP contribution in [0.3, 0.4) is 0 Å². The summed E-state index contributed by atoms with van der Waals surface area (Å²) < 4.78 is 6.69. The van der Waals surface area contributed by atoms with Crippen molar-refractivity contribution in [1.82, 2.24) is 15.0 Å². The number of fused-ring (bicyclic) bond motifs is 9. The highest BCUT2D eigenvalue weighted by Crippen LogP contribution is 2.62. The minimum atomic E-state index is -0.533. The minimum absolute atomic E-state index is 0.533. The zero-order chi connectivity index (χ0) is 37.1. The average molecular weight is 716 g/mol. The smallest absolute Gasteiger partial charge is 0.164 e. The molecule has 2 aliphatic rings. The molecule has 1 aromatic heterocycles. The standard InChI is InChI=1S/C52H33N3O/c1-3-14-34(15-4-1)35-26-28-37(29-27-35)50-53-49(36-16-5-2-6-17-36)54-51(55-50)40-19-13-18-38(32-40)39-30-31-48-46(33-39)52(45-24-11-12-25-47(45)56-48)43-22-9-7-20-41(43)42-21-8-10-23-44(42)52/h1-33H. The van der Waals surface area contributed by atoms with Crippen LogP contribution in [0, 0.1) is 0 Å². The van der Waals surface area contributed by atoms with Crippen molar-refractivity contribution >= 4 is 0 Å². The third-order valence-corrected chi connectivity index (χ3v) is 11.2. The summed E-state index contributed by atoms with van der Waals surface area (Å²) in [5, 5.41) is 0. The van der Waals surface area contributed by atoms with Gasteiger partial charge in [0.1, 0.15) is 11.5 Å². The zero-order valence-electron chi connectivity index (χ0n) is 30.3.